The Labute approximate surface area is 137 Å². The highest BCUT2D eigenvalue weighted by molar-refractivity contribution is 5.76. The zero-order valence-electron chi connectivity index (χ0n) is 12.7. The van der Waals surface area contributed by atoms with Crippen LogP contribution in [0.25, 0.3) is 16.9 Å². The molecule has 0 unspecified atom stereocenters. The van der Waals surface area contributed by atoms with Gasteiger partial charge in [-0.1, -0.05) is 18.2 Å². The molecule has 0 spiro atoms. The van der Waals surface area contributed by atoms with Crippen molar-refractivity contribution < 1.29 is 19.4 Å². The number of benzene rings is 2. The van der Waals surface area contributed by atoms with Crippen molar-refractivity contribution >= 4 is 5.97 Å². The first kappa shape index (κ1) is 14.3. The van der Waals surface area contributed by atoms with E-state index < -0.39 is 5.97 Å². The van der Waals surface area contributed by atoms with Crippen LogP contribution in [-0.2, 0) is 11.2 Å². The van der Waals surface area contributed by atoms with Crippen molar-refractivity contribution in [2.24, 2.45) is 0 Å². The third-order valence-corrected chi connectivity index (χ3v) is 3.80. The molecule has 0 saturated carbocycles. The second-order valence-electron chi connectivity index (χ2n) is 5.42. The lowest BCUT2D eigenvalue weighted by Gasteiger charge is -2.02. The number of hydrogen-bond donors (Lipinski definition) is 1. The average Bonchev–Trinajstić information content (AvgIpc) is 3.21. The maximum Gasteiger partial charge on any atom is 0.307 e. The van der Waals surface area contributed by atoms with E-state index in [2.05, 4.69) is 5.10 Å². The predicted molar refractivity (Wildman–Crippen MR) is 86.5 cm³/mol. The van der Waals surface area contributed by atoms with E-state index in [0.717, 1.165) is 11.3 Å². The number of carbonyl (C=O) groups is 1. The van der Waals surface area contributed by atoms with Gasteiger partial charge in [-0.2, -0.15) is 5.10 Å². The summed E-state index contributed by atoms with van der Waals surface area (Å²) in [5.41, 5.74) is 2.94. The van der Waals surface area contributed by atoms with Gasteiger partial charge in [0.05, 0.1) is 17.8 Å². The summed E-state index contributed by atoms with van der Waals surface area (Å²) in [6.07, 6.45) is 1.65. The molecule has 1 aliphatic rings. The molecule has 2 aromatic carbocycles. The number of para-hydroxylation sites is 1. The van der Waals surface area contributed by atoms with Crippen LogP contribution in [0.3, 0.4) is 0 Å². The van der Waals surface area contributed by atoms with E-state index in [1.165, 1.54) is 0 Å². The fourth-order valence-electron chi connectivity index (χ4n) is 2.70. The van der Waals surface area contributed by atoms with E-state index in [1.54, 1.807) is 10.9 Å². The monoisotopic (exact) mass is 322 g/mol. The van der Waals surface area contributed by atoms with Gasteiger partial charge in [0.15, 0.2) is 11.5 Å². The number of carboxylic acids is 1. The molecule has 0 saturated heterocycles. The molecule has 0 radical (unpaired) electrons. The van der Waals surface area contributed by atoms with Crippen molar-refractivity contribution in [3.63, 3.8) is 0 Å². The van der Waals surface area contributed by atoms with Crippen molar-refractivity contribution in [1.29, 1.82) is 0 Å². The Morgan fingerprint density at radius 2 is 1.92 bits per heavy atom. The van der Waals surface area contributed by atoms with Crippen LogP contribution in [0.2, 0.25) is 0 Å². The van der Waals surface area contributed by atoms with Gasteiger partial charge < -0.3 is 14.6 Å². The summed E-state index contributed by atoms with van der Waals surface area (Å²) >= 11 is 0. The van der Waals surface area contributed by atoms with Gasteiger partial charge in [-0.25, -0.2) is 4.68 Å². The second kappa shape index (κ2) is 5.73. The van der Waals surface area contributed by atoms with E-state index >= 15 is 0 Å². The molecule has 4 rings (SSSR count). The molecule has 6 heteroatoms. The van der Waals surface area contributed by atoms with Gasteiger partial charge in [0, 0.05) is 17.3 Å². The van der Waals surface area contributed by atoms with E-state index in [0.29, 0.717) is 22.8 Å². The normalized spacial score (nSPS) is 12.3. The average molecular weight is 322 g/mol. The number of hydrogen-bond acceptors (Lipinski definition) is 4. The van der Waals surface area contributed by atoms with Crippen LogP contribution < -0.4 is 9.47 Å². The molecule has 3 aromatic rings. The summed E-state index contributed by atoms with van der Waals surface area (Å²) in [6, 6.07) is 15.1. The molecule has 0 aliphatic carbocycles. The SMILES string of the molecule is O=C(O)Cc1cn(-c2ccccc2)nc1-c1ccc2c(c1)OCO2. The van der Waals surface area contributed by atoms with Gasteiger partial charge in [-0.3, -0.25) is 4.79 Å². The highest BCUT2D eigenvalue weighted by Gasteiger charge is 2.19. The minimum absolute atomic E-state index is 0.101. The number of rotatable bonds is 4. The zero-order chi connectivity index (χ0) is 16.5. The van der Waals surface area contributed by atoms with Gasteiger partial charge in [0.1, 0.15) is 0 Å². The van der Waals surface area contributed by atoms with Crippen molar-refractivity contribution in [1.82, 2.24) is 9.78 Å². The highest BCUT2D eigenvalue weighted by atomic mass is 16.7. The second-order valence-corrected chi connectivity index (χ2v) is 5.42. The molecule has 2 heterocycles. The van der Waals surface area contributed by atoms with Crippen LogP contribution in [0.15, 0.2) is 54.7 Å². The lowest BCUT2D eigenvalue weighted by atomic mass is 10.1. The highest BCUT2D eigenvalue weighted by Crippen LogP contribution is 2.36. The number of carboxylic acid groups (broad SMARTS) is 1. The lowest BCUT2D eigenvalue weighted by molar-refractivity contribution is -0.136. The quantitative estimate of drug-likeness (QED) is 0.799. The standard InChI is InChI=1S/C18H14N2O4/c21-17(22)9-13-10-20(14-4-2-1-3-5-14)19-18(13)12-6-7-15-16(8-12)24-11-23-15/h1-8,10H,9,11H2,(H,21,22). The molecule has 24 heavy (non-hydrogen) atoms. The van der Waals surface area contributed by atoms with Crippen molar-refractivity contribution in [2.45, 2.75) is 6.42 Å². The van der Waals surface area contributed by atoms with E-state index in [1.807, 2.05) is 48.5 Å². The molecular weight excluding hydrogens is 308 g/mol. The smallest absolute Gasteiger partial charge is 0.307 e. The Morgan fingerprint density at radius 1 is 1.12 bits per heavy atom. The van der Waals surface area contributed by atoms with Gasteiger partial charge >= 0.3 is 5.97 Å². The first-order chi connectivity index (χ1) is 11.7. The lowest BCUT2D eigenvalue weighted by Crippen LogP contribution is -2.00. The van der Waals surface area contributed by atoms with Crippen LogP contribution in [0.5, 0.6) is 11.5 Å². The maximum atomic E-state index is 11.2. The molecule has 120 valence electrons. The molecule has 1 N–H and O–H groups in total. The Balaban J connectivity index is 1.81. The molecule has 1 aromatic heterocycles. The van der Waals surface area contributed by atoms with E-state index in [4.69, 9.17) is 9.47 Å². The zero-order valence-corrected chi connectivity index (χ0v) is 12.7. The van der Waals surface area contributed by atoms with Gasteiger partial charge in [0.2, 0.25) is 6.79 Å². The summed E-state index contributed by atoms with van der Waals surface area (Å²) in [5.74, 6) is 0.425. The predicted octanol–water partition coefficient (Wildman–Crippen LogP) is 2.90. The molecule has 0 atom stereocenters. The Morgan fingerprint density at radius 3 is 2.71 bits per heavy atom. The molecule has 0 fully saturated rings. The molecular formula is C18H14N2O4. The number of aromatic nitrogens is 2. The van der Waals surface area contributed by atoms with Crippen LogP contribution in [0.4, 0.5) is 0 Å². The van der Waals surface area contributed by atoms with Crippen LogP contribution in [0.1, 0.15) is 5.56 Å². The fraction of sp³-hybridized carbons (Fsp3) is 0.111. The first-order valence-corrected chi connectivity index (χ1v) is 7.46. The van der Waals surface area contributed by atoms with Crippen LogP contribution >= 0.6 is 0 Å². The van der Waals surface area contributed by atoms with Crippen molar-refractivity contribution in [3.8, 4) is 28.4 Å². The summed E-state index contributed by atoms with van der Waals surface area (Å²) in [6.45, 7) is 0.194. The number of aliphatic carboxylic acids is 1. The third-order valence-electron chi connectivity index (χ3n) is 3.80. The number of fused-ring (bicyclic) bond motifs is 1. The summed E-state index contributed by atoms with van der Waals surface area (Å²) < 4.78 is 12.4. The van der Waals surface area contributed by atoms with Crippen LogP contribution in [-0.4, -0.2) is 27.6 Å². The Bertz CT molecular complexity index is 903. The van der Waals surface area contributed by atoms with Crippen LogP contribution in [0, 0.1) is 0 Å². The third kappa shape index (κ3) is 2.58. The first-order valence-electron chi connectivity index (χ1n) is 7.46. The minimum Gasteiger partial charge on any atom is -0.481 e. The number of ether oxygens (including phenoxy) is 2. The number of nitrogens with zero attached hydrogens (tertiary/aromatic N) is 2. The van der Waals surface area contributed by atoms with Gasteiger partial charge in [0.25, 0.3) is 0 Å². The summed E-state index contributed by atoms with van der Waals surface area (Å²) in [4.78, 5) is 11.2. The summed E-state index contributed by atoms with van der Waals surface area (Å²) in [7, 11) is 0. The van der Waals surface area contributed by atoms with Crippen molar-refractivity contribution in [3.05, 3.63) is 60.3 Å². The summed E-state index contributed by atoms with van der Waals surface area (Å²) in [5, 5.41) is 13.8. The topological polar surface area (TPSA) is 73.6 Å². The van der Waals surface area contributed by atoms with E-state index in [-0.39, 0.29) is 13.2 Å². The Hall–Kier alpha value is -3.28. The van der Waals surface area contributed by atoms with E-state index in [9.17, 15) is 9.90 Å². The molecule has 0 bridgehead atoms. The van der Waals surface area contributed by atoms with Gasteiger partial charge in [-0.05, 0) is 30.3 Å². The maximum absolute atomic E-state index is 11.2. The van der Waals surface area contributed by atoms with Crippen molar-refractivity contribution in [2.75, 3.05) is 6.79 Å². The molecule has 0 amide bonds. The fourth-order valence-corrected chi connectivity index (χ4v) is 2.70. The molecule has 1 aliphatic heterocycles. The molecule has 6 nitrogen and oxygen atoms in total. The largest absolute Gasteiger partial charge is 0.481 e. The van der Waals surface area contributed by atoms with Gasteiger partial charge in [-0.15, -0.1) is 0 Å². The Kier molecular flexibility index (Phi) is 3.42. The minimum atomic E-state index is -0.899.